The minimum absolute atomic E-state index is 0.508. The predicted molar refractivity (Wildman–Crippen MR) is 73.2 cm³/mol. The van der Waals surface area contributed by atoms with Gasteiger partial charge >= 0.3 is 0 Å². The van der Waals surface area contributed by atoms with Gasteiger partial charge in [0.15, 0.2) is 0 Å². The second-order valence-electron chi connectivity index (χ2n) is 4.32. The fraction of sp³-hybridized carbons (Fsp3) is 0.462. The molecule has 1 fully saturated rings. The number of halogens is 1. The van der Waals surface area contributed by atoms with Gasteiger partial charge in [0, 0.05) is 23.6 Å². The summed E-state index contributed by atoms with van der Waals surface area (Å²) in [5, 5.41) is 12.4. The van der Waals surface area contributed by atoms with Crippen molar-refractivity contribution >= 4 is 21.6 Å². The molecule has 1 aromatic carbocycles. The van der Waals surface area contributed by atoms with Gasteiger partial charge < -0.3 is 10.2 Å². The lowest BCUT2D eigenvalue weighted by molar-refractivity contribution is 0.615. The van der Waals surface area contributed by atoms with Crippen molar-refractivity contribution in [3.8, 4) is 6.07 Å². The Labute approximate surface area is 111 Å². The molecule has 1 heterocycles. The average molecular weight is 294 g/mol. The number of hydrogen-bond acceptors (Lipinski definition) is 3. The third-order valence-electron chi connectivity index (χ3n) is 3.21. The van der Waals surface area contributed by atoms with Crippen LogP contribution in [0.25, 0.3) is 0 Å². The number of rotatable bonds is 3. The van der Waals surface area contributed by atoms with Gasteiger partial charge in [0.25, 0.3) is 0 Å². The standard InChI is InChI=1S/C13H16BrN3/c1-16-9-12-3-2-6-17(12)13-5-4-11(14)7-10(13)8-15/h4-5,7,12,16H,2-3,6,9H2,1H3. The zero-order chi connectivity index (χ0) is 12.3. The summed E-state index contributed by atoms with van der Waals surface area (Å²) in [6.07, 6.45) is 2.40. The Morgan fingerprint density at radius 2 is 2.41 bits per heavy atom. The summed E-state index contributed by atoms with van der Waals surface area (Å²) in [6, 6.07) is 8.73. The summed E-state index contributed by atoms with van der Waals surface area (Å²) in [7, 11) is 1.98. The molecule has 1 aromatic rings. The van der Waals surface area contributed by atoms with Crippen LogP contribution in [0.2, 0.25) is 0 Å². The van der Waals surface area contributed by atoms with Crippen LogP contribution in [0.3, 0.4) is 0 Å². The molecule has 0 bridgehead atoms. The van der Waals surface area contributed by atoms with Crippen LogP contribution in [0.15, 0.2) is 22.7 Å². The number of nitrogens with zero attached hydrogens (tertiary/aromatic N) is 2. The maximum atomic E-state index is 9.21. The van der Waals surface area contributed by atoms with Crippen LogP contribution in [-0.4, -0.2) is 26.2 Å². The van der Waals surface area contributed by atoms with Crippen molar-refractivity contribution in [2.75, 3.05) is 25.0 Å². The summed E-state index contributed by atoms with van der Waals surface area (Å²) in [6.45, 7) is 2.02. The number of anilines is 1. The zero-order valence-electron chi connectivity index (χ0n) is 9.91. The van der Waals surface area contributed by atoms with E-state index in [0.29, 0.717) is 6.04 Å². The molecule has 4 heteroatoms. The van der Waals surface area contributed by atoms with Crippen LogP contribution in [0.1, 0.15) is 18.4 Å². The van der Waals surface area contributed by atoms with Crippen molar-refractivity contribution in [3.05, 3.63) is 28.2 Å². The lowest BCUT2D eigenvalue weighted by Gasteiger charge is -2.27. The van der Waals surface area contributed by atoms with E-state index >= 15 is 0 Å². The van der Waals surface area contributed by atoms with E-state index in [2.05, 4.69) is 32.2 Å². The van der Waals surface area contributed by atoms with E-state index in [4.69, 9.17) is 0 Å². The van der Waals surface area contributed by atoms with E-state index in [1.165, 1.54) is 12.8 Å². The molecule has 0 aliphatic carbocycles. The van der Waals surface area contributed by atoms with Gasteiger partial charge in [-0.3, -0.25) is 0 Å². The third kappa shape index (κ3) is 2.62. The van der Waals surface area contributed by atoms with Crippen LogP contribution >= 0.6 is 15.9 Å². The second kappa shape index (κ2) is 5.52. The number of nitrogens with one attached hydrogen (secondary N) is 1. The summed E-state index contributed by atoms with van der Waals surface area (Å²) < 4.78 is 0.960. The van der Waals surface area contributed by atoms with E-state index in [1.54, 1.807) is 0 Å². The number of nitriles is 1. The smallest absolute Gasteiger partial charge is 0.101 e. The monoisotopic (exact) mass is 293 g/mol. The number of benzene rings is 1. The molecule has 0 aromatic heterocycles. The first kappa shape index (κ1) is 12.4. The Morgan fingerprint density at radius 1 is 1.59 bits per heavy atom. The fourth-order valence-electron chi connectivity index (χ4n) is 2.45. The van der Waals surface area contributed by atoms with E-state index in [0.717, 1.165) is 28.8 Å². The van der Waals surface area contributed by atoms with Crippen LogP contribution < -0.4 is 10.2 Å². The Bertz CT molecular complexity index is 439. The molecule has 0 saturated carbocycles. The minimum Gasteiger partial charge on any atom is -0.366 e. The van der Waals surface area contributed by atoms with Gasteiger partial charge in [-0.25, -0.2) is 0 Å². The number of likely N-dealkylation sites (N-methyl/N-ethyl adjacent to an activating group) is 1. The Kier molecular flexibility index (Phi) is 4.03. The largest absolute Gasteiger partial charge is 0.366 e. The van der Waals surface area contributed by atoms with Crippen LogP contribution in [0.4, 0.5) is 5.69 Å². The maximum Gasteiger partial charge on any atom is 0.101 e. The molecule has 3 nitrogen and oxygen atoms in total. The molecule has 17 heavy (non-hydrogen) atoms. The summed E-state index contributed by atoms with van der Waals surface area (Å²) in [5.41, 5.74) is 1.82. The van der Waals surface area contributed by atoms with Crippen LogP contribution in [0, 0.1) is 11.3 Å². The van der Waals surface area contributed by atoms with Crippen LogP contribution in [0.5, 0.6) is 0 Å². The van der Waals surface area contributed by atoms with Gasteiger partial charge in [-0.15, -0.1) is 0 Å². The van der Waals surface area contributed by atoms with Gasteiger partial charge in [0.05, 0.1) is 11.3 Å². The SMILES string of the molecule is CNCC1CCCN1c1ccc(Br)cc1C#N. The predicted octanol–water partition coefficient (Wildman–Crippen LogP) is 2.51. The van der Waals surface area contributed by atoms with E-state index in [-0.39, 0.29) is 0 Å². The van der Waals surface area contributed by atoms with Crippen molar-refractivity contribution in [3.63, 3.8) is 0 Å². The van der Waals surface area contributed by atoms with E-state index in [1.807, 2.05) is 25.2 Å². The van der Waals surface area contributed by atoms with Crippen molar-refractivity contribution in [2.24, 2.45) is 0 Å². The van der Waals surface area contributed by atoms with Gasteiger partial charge in [-0.05, 0) is 38.1 Å². The highest BCUT2D eigenvalue weighted by Crippen LogP contribution is 2.30. The average Bonchev–Trinajstić information content (AvgIpc) is 2.77. The van der Waals surface area contributed by atoms with Crippen LogP contribution in [-0.2, 0) is 0 Å². The third-order valence-corrected chi connectivity index (χ3v) is 3.70. The summed E-state index contributed by atoms with van der Waals surface area (Å²) in [5.74, 6) is 0. The van der Waals surface area contributed by atoms with Crippen molar-refractivity contribution in [1.82, 2.24) is 5.32 Å². The molecule has 0 radical (unpaired) electrons. The van der Waals surface area contributed by atoms with Gasteiger partial charge in [-0.2, -0.15) is 5.26 Å². The Balaban J connectivity index is 2.30. The topological polar surface area (TPSA) is 39.1 Å². The molecule has 1 saturated heterocycles. The minimum atomic E-state index is 0.508. The highest BCUT2D eigenvalue weighted by Gasteiger charge is 2.25. The van der Waals surface area contributed by atoms with Crippen molar-refractivity contribution in [2.45, 2.75) is 18.9 Å². The molecular weight excluding hydrogens is 278 g/mol. The summed E-state index contributed by atoms with van der Waals surface area (Å²) in [4.78, 5) is 2.35. The normalized spacial score (nSPS) is 19.4. The maximum absolute atomic E-state index is 9.21. The Morgan fingerprint density at radius 3 is 3.12 bits per heavy atom. The first-order valence-corrected chi connectivity index (χ1v) is 6.66. The van der Waals surface area contributed by atoms with Gasteiger partial charge in [-0.1, -0.05) is 15.9 Å². The van der Waals surface area contributed by atoms with Gasteiger partial charge in [0.1, 0.15) is 6.07 Å². The molecule has 1 N–H and O–H groups in total. The molecule has 2 rings (SSSR count). The zero-order valence-corrected chi connectivity index (χ0v) is 11.5. The van der Waals surface area contributed by atoms with E-state index in [9.17, 15) is 5.26 Å². The lowest BCUT2D eigenvalue weighted by Crippen LogP contribution is -2.37. The van der Waals surface area contributed by atoms with Crippen molar-refractivity contribution in [1.29, 1.82) is 5.26 Å². The molecule has 1 unspecified atom stereocenters. The van der Waals surface area contributed by atoms with Gasteiger partial charge in [0.2, 0.25) is 0 Å². The summed E-state index contributed by atoms with van der Waals surface area (Å²) >= 11 is 3.41. The Hall–Kier alpha value is -1.05. The molecular formula is C13H16BrN3. The quantitative estimate of drug-likeness (QED) is 0.931. The fourth-order valence-corrected chi connectivity index (χ4v) is 2.81. The first-order valence-electron chi connectivity index (χ1n) is 5.87. The van der Waals surface area contributed by atoms with Crippen molar-refractivity contribution < 1.29 is 0 Å². The molecule has 0 amide bonds. The molecule has 1 aliphatic heterocycles. The highest BCUT2D eigenvalue weighted by atomic mass is 79.9. The first-order chi connectivity index (χ1) is 8.26. The molecule has 1 aliphatic rings. The molecule has 1 atom stereocenters. The lowest BCUT2D eigenvalue weighted by atomic mass is 10.1. The second-order valence-corrected chi connectivity index (χ2v) is 5.24. The molecule has 0 spiro atoms. The molecule has 90 valence electrons. The van der Waals surface area contributed by atoms with E-state index < -0.39 is 0 Å². The highest BCUT2D eigenvalue weighted by molar-refractivity contribution is 9.10. The number of hydrogen-bond donors (Lipinski definition) is 1.